The van der Waals surface area contributed by atoms with E-state index in [0.717, 1.165) is 90.0 Å². The zero-order chi connectivity index (χ0) is 23.0. The Balaban J connectivity index is 1.42. The molecule has 4 rings (SSSR count). The number of ether oxygens (including phenoxy) is 2. The van der Waals surface area contributed by atoms with Gasteiger partial charge in [-0.2, -0.15) is 0 Å². The number of amides is 1. The first-order chi connectivity index (χ1) is 16.2. The minimum absolute atomic E-state index is 0.321. The highest BCUT2D eigenvalue weighted by Gasteiger charge is 2.35. The van der Waals surface area contributed by atoms with Crippen LogP contribution in [0.15, 0.2) is 18.2 Å². The average Bonchev–Trinajstić information content (AvgIpc) is 3.58. The predicted molar refractivity (Wildman–Crippen MR) is 133 cm³/mol. The number of nitrogens with zero attached hydrogens (tertiary/aromatic N) is 2. The van der Waals surface area contributed by atoms with Gasteiger partial charge in [0.25, 0.3) is 0 Å². The third kappa shape index (κ3) is 6.51. The SMILES string of the molecule is CCCCN(CCCC)C(=O)CN1CC(c2ccc3c(c2)CCO3)CC1CCC1CCCO1. The molecule has 3 aliphatic heterocycles. The molecule has 3 unspecified atom stereocenters. The number of benzene rings is 1. The molecule has 0 spiro atoms. The number of rotatable bonds is 12. The first-order valence-corrected chi connectivity index (χ1v) is 13.6. The van der Waals surface area contributed by atoms with Crippen molar-refractivity contribution in [3.8, 4) is 5.75 Å². The standard InChI is InChI=1S/C28H44N2O3/c1-3-5-14-29(15-6-4-2)28(31)21-30-20-24(19-25(30)10-11-26-8-7-16-32-26)22-9-12-27-23(18-22)13-17-33-27/h9,12,18,24-26H,3-8,10-11,13-17,19-21H2,1-2H3. The first-order valence-electron chi connectivity index (χ1n) is 13.6. The van der Waals surface area contributed by atoms with Crippen molar-refractivity contribution in [1.82, 2.24) is 9.80 Å². The van der Waals surface area contributed by atoms with Gasteiger partial charge in [-0.25, -0.2) is 0 Å². The molecule has 3 heterocycles. The fraction of sp³-hybridized carbons (Fsp3) is 0.750. The molecule has 0 N–H and O–H groups in total. The summed E-state index contributed by atoms with van der Waals surface area (Å²) in [6.45, 7) is 9.48. The summed E-state index contributed by atoms with van der Waals surface area (Å²) in [6.07, 6.45) is 11.7. The van der Waals surface area contributed by atoms with Gasteiger partial charge in [0.1, 0.15) is 5.75 Å². The fourth-order valence-electron chi connectivity index (χ4n) is 5.76. The fourth-order valence-corrected chi connectivity index (χ4v) is 5.76. The second-order valence-corrected chi connectivity index (χ2v) is 10.3. The molecule has 2 fully saturated rings. The molecule has 184 valence electrons. The van der Waals surface area contributed by atoms with Crippen LogP contribution in [0, 0.1) is 0 Å². The number of likely N-dealkylation sites (tertiary alicyclic amines) is 1. The topological polar surface area (TPSA) is 42.0 Å². The number of carbonyl (C=O) groups excluding carboxylic acids is 1. The zero-order valence-electron chi connectivity index (χ0n) is 20.9. The molecule has 33 heavy (non-hydrogen) atoms. The second kappa shape index (κ2) is 12.2. The molecule has 5 nitrogen and oxygen atoms in total. The van der Waals surface area contributed by atoms with Crippen LogP contribution in [0.25, 0.3) is 0 Å². The summed E-state index contributed by atoms with van der Waals surface area (Å²) in [5.41, 5.74) is 2.77. The van der Waals surface area contributed by atoms with Crippen LogP contribution in [0.5, 0.6) is 5.75 Å². The average molecular weight is 457 g/mol. The van der Waals surface area contributed by atoms with Crippen LogP contribution in [0.3, 0.4) is 0 Å². The van der Waals surface area contributed by atoms with Crippen LogP contribution < -0.4 is 4.74 Å². The number of hydrogen-bond acceptors (Lipinski definition) is 4. The predicted octanol–water partition coefficient (Wildman–Crippen LogP) is 5.17. The van der Waals surface area contributed by atoms with Gasteiger partial charge in [0.2, 0.25) is 5.91 Å². The van der Waals surface area contributed by atoms with Gasteiger partial charge in [-0.05, 0) is 68.1 Å². The third-order valence-electron chi connectivity index (χ3n) is 7.81. The van der Waals surface area contributed by atoms with Gasteiger partial charge in [0.15, 0.2) is 0 Å². The van der Waals surface area contributed by atoms with Gasteiger partial charge in [-0.15, -0.1) is 0 Å². The van der Waals surface area contributed by atoms with Crippen molar-refractivity contribution in [3.63, 3.8) is 0 Å². The van der Waals surface area contributed by atoms with Crippen LogP contribution in [-0.4, -0.2) is 67.2 Å². The zero-order valence-corrected chi connectivity index (χ0v) is 20.9. The smallest absolute Gasteiger partial charge is 0.236 e. The number of unbranched alkanes of at least 4 members (excludes halogenated alkanes) is 2. The molecule has 0 radical (unpaired) electrons. The Morgan fingerprint density at radius 1 is 1.12 bits per heavy atom. The Morgan fingerprint density at radius 3 is 2.67 bits per heavy atom. The van der Waals surface area contributed by atoms with Crippen molar-refractivity contribution in [2.45, 2.75) is 96.1 Å². The molecular formula is C28H44N2O3. The van der Waals surface area contributed by atoms with Crippen molar-refractivity contribution >= 4 is 5.91 Å². The minimum atomic E-state index is 0.321. The molecule has 0 aromatic heterocycles. The summed E-state index contributed by atoms with van der Waals surface area (Å²) < 4.78 is 11.6. The lowest BCUT2D eigenvalue weighted by Gasteiger charge is -2.29. The molecule has 3 atom stereocenters. The lowest BCUT2D eigenvalue weighted by Crippen LogP contribution is -2.43. The summed E-state index contributed by atoms with van der Waals surface area (Å²) in [5.74, 6) is 1.88. The van der Waals surface area contributed by atoms with Crippen LogP contribution in [-0.2, 0) is 16.0 Å². The van der Waals surface area contributed by atoms with E-state index in [1.54, 1.807) is 0 Å². The van der Waals surface area contributed by atoms with Gasteiger partial charge in [0.05, 0.1) is 19.3 Å². The second-order valence-electron chi connectivity index (χ2n) is 10.3. The van der Waals surface area contributed by atoms with E-state index < -0.39 is 0 Å². The van der Waals surface area contributed by atoms with E-state index in [2.05, 4.69) is 41.8 Å². The lowest BCUT2D eigenvalue weighted by molar-refractivity contribution is -0.132. The van der Waals surface area contributed by atoms with E-state index in [1.807, 2.05) is 0 Å². The van der Waals surface area contributed by atoms with Crippen molar-refractivity contribution in [1.29, 1.82) is 0 Å². The quantitative estimate of drug-likeness (QED) is 0.435. The van der Waals surface area contributed by atoms with Crippen LogP contribution in [0.1, 0.15) is 88.7 Å². The Morgan fingerprint density at radius 2 is 1.94 bits per heavy atom. The highest BCUT2D eigenvalue weighted by atomic mass is 16.5. The number of carbonyl (C=O) groups is 1. The van der Waals surface area contributed by atoms with Gasteiger partial charge in [0, 0.05) is 38.7 Å². The maximum absolute atomic E-state index is 13.4. The number of hydrogen-bond donors (Lipinski definition) is 0. The normalized spacial score (nSPS) is 24.7. The summed E-state index contributed by atoms with van der Waals surface area (Å²) in [6, 6.07) is 7.24. The Bertz CT molecular complexity index is 754. The monoisotopic (exact) mass is 456 g/mol. The third-order valence-corrected chi connectivity index (χ3v) is 7.81. The molecule has 1 aromatic carbocycles. The van der Waals surface area contributed by atoms with Gasteiger partial charge in [-0.1, -0.05) is 38.8 Å². The molecule has 1 amide bonds. The minimum Gasteiger partial charge on any atom is -0.493 e. The molecule has 1 aromatic rings. The van der Waals surface area contributed by atoms with Gasteiger partial charge in [-0.3, -0.25) is 9.69 Å². The summed E-state index contributed by atoms with van der Waals surface area (Å²) in [7, 11) is 0. The van der Waals surface area contributed by atoms with Crippen molar-refractivity contribution in [2.24, 2.45) is 0 Å². The van der Waals surface area contributed by atoms with Crippen LogP contribution >= 0.6 is 0 Å². The van der Waals surface area contributed by atoms with E-state index in [-0.39, 0.29) is 0 Å². The highest BCUT2D eigenvalue weighted by molar-refractivity contribution is 5.78. The summed E-state index contributed by atoms with van der Waals surface area (Å²) in [5, 5.41) is 0. The number of fused-ring (bicyclic) bond motifs is 1. The van der Waals surface area contributed by atoms with E-state index in [0.29, 0.717) is 30.5 Å². The molecule has 0 aliphatic carbocycles. The Kier molecular flexibility index (Phi) is 9.08. The molecule has 0 saturated carbocycles. The lowest BCUT2D eigenvalue weighted by atomic mass is 9.93. The van der Waals surface area contributed by atoms with E-state index in [9.17, 15) is 4.79 Å². The van der Waals surface area contributed by atoms with Crippen molar-refractivity contribution < 1.29 is 14.3 Å². The van der Waals surface area contributed by atoms with Crippen LogP contribution in [0.2, 0.25) is 0 Å². The summed E-state index contributed by atoms with van der Waals surface area (Å²) in [4.78, 5) is 18.0. The van der Waals surface area contributed by atoms with E-state index in [4.69, 9.17) is 9.47 Å². The molecule has 3 aliphatic rings. The van der Waals surface area contributed by atoms with Crippen molar-refractivity contribution in [2.75, 3.05) is 39.4 Å². The van der Waals surface area contributed by atoms with E-state index in [1.165, 1.54) is 24.0 Å². The highest BCUT2D eigenvalue weighted by Crippen LogP contribution is 2.37. The largest absolute Gasteiger partial charge is 0.493 e. The van der Waals surface area contributed by atoms with Gasteiger partial charge < -0.3 is 14.4 Å². The van der Waals surface area contributed by atoms with Gasteiger partial charge >= 0.3 is 0 Å². The molecule has 0 bridgehead atoms. The van der Waals surface area contributed by atoms with Crippen molar-refractivity contribution in [3.05, 3.63) is 29.3 Å². The first kappa shape index (κ1) is 24.5. The molecular weight excluding hydrogens is 412 g/mol. The van der Waals surface area contributed by atoms with Crippen LogP contribution in [0.4, 0.5) is 0 Å². The maximum Gasteiger partial charge on any atom is 0.236 e. The maximum atomic E-state index is 13.4. The van der Waals surface area contributed by atoms with E-state index >= 15 is 0 Å². The summed E-state index contributed by atoms with van der Waals surface area (Å²) >= 11 is 0. The molecule has 5 heteroatoms. The Labute approximate surface area is 200 Å². The molecule has 2 saturated heterocycles. The Hall–Kier alpha value is -1.59.